The molecular formula is C17H21BO5. The molecule has 2 aromatic rings. The highest BCUT2D eigenvalue weighted by molar-refractivity contribution is 6.58. The summed E-state index contributed by atoms with van der Waals surface area (Å²) in [7, 11) is 0.0842. The third-order valence-corrected chi connectivity index (χ3v) is 3.61. The first-order valence-electron chi connectivity index (χ1n) is 7.32. The fraction of sp³-hybridized carbons (Fsp3) is 0.294. The molecule has 0 aromatic heterocycles. The minimum absolute atomic E-state index is 0.0641. The Morgan fingerprint density at radius 2 is 1.57 bits per heavy atom. The number of methoxy groups -OCH3 is 1. The van der Waals surface area contributed by atoms with Gasteiger partial charge in [-0.15, -0.1) is 0 Å². The van der Waals surface area contributed by atoms with Gasteiger partial charge in [0, 0.05) is 0 Å². The summed E-state index contributed by atoms with van der Waals surface area (Å²) in [6, 6.07) is 8.88. The maximum absolute atomic E-state index is 9.29. The van der Waals surface area contributed by atoms with Crippen LogP contribution in [0.25, 0.3) is 0 Å². The van der Waals surface area contributed by atoms with E-state index in [2.05, 4.69) is 0 Å². The summed E-state index contributed by atoms with van der Waals surface area (Å²) < 4.78 is 11.1. The van der Waals surface area contributed by atoms with E-state index in [1.165, 1.54) is 0 Å². The lowest BCUT2D eigenvalue weighted by atomic mass is 9.78. The van der Waals surface area contributed by atoms with E-state index in [1.54, 1.807) is 25.3 Å². The molecule has 3 N–H and O–H groups in total. The normalized spacial score (nSPS) is 10.5. The van der Waals surface area contributed by atoms with Crippen LogP contribution < -0.4 is 14.9 Å². The molecule has 0 fully saturated rings. The van der Waals surface area contributed by atoms with Gasteiger partial charge in [0.1, 0.15) is 18.1 Å². The summed E-state index contributed by atoms with van der Waals surface area (Å²) in [6.45, 7) is 3.98. The predicted octanol–water partition coefficient (Wildman–Crippen LogP) is 1.06. The molecule has 0 radical (unpaired) electrons. The van der Waals surface area contributed by atoms with Crippen LogP contribution >= 0.6 is 0 Å². The Hall–Kier alpha value is -2.02. The van der Waals surface area contributed by atoms with E-state index in [0.29, 0.717) is 23.6 Å². The molecule has 0 saturated heterocycles. The Morgan fingerprint density at radius 3 is 2.09 bits per heavy atom. The monoisotopic (exact) mass is 316 g/mol. The van der Waals surface area contributed by atoms with Gasteiger partial charge in [0.2, 0.25) is 0 Å². The molecule has 0 aliphatic heterocycles. The van der Waals surface area contributed by atoms with Crippen molar-refractivity contribution in [2.24, 2.45) is 0 Å². The minimum Gasteiger partial charge on any atom is -0.497 e. The molecule has 0 spiro atoms. The number of benzene rings is 2. The van der Waals surface area contributed by atoms with Crippen molar-refractivity contribution in [3.63, 3.8) is 0 Å². The van der Waals surface area contributed by atoms with Gasteiger partial charge in [-0.2, -0.15) is 0 Å². The Morgan fingerprint density at radius 1 is 0.957 bits per heavy atom. The Balaban J connectivity index is 2.21. The van der Waals surface area contributed by atoms with Crippen LogP contribution in [0.1, 0.15) is 22.3 Å². The highest BCUT2D eigenvalue weighted by Gasteiger charge is 2.15. The first-order chi connectivity index (χ1) is 10.9. The number of aliphatic hydroxyl groups excluding tert-OH is 1. The molecule has 5 nitrogen and oxygen atoms in total. The zero-order valence-corrected chi connectivity index (χ0v) is 13.5. The molecule has 0 amide bonds. The topological polar surface area (TPSA) is 79.2 Å². The lowest BCUT2D eigenvalue weighted by Crippen LogP contribution is -2.30. The second-order valence-electron chi connectivity index (χ2n) is 5.49. The van der Waals surface area contributed by atoms with Crippen LogP contribution in [0.15, 0.2) is 30.3 Å². The predicted molar refractivity (Wildman–Crippen MR) is 89.0 cm³/mol. The van der Waals surface area contributed by atoms with Gasteiger partial charge in [-0.05, 0) is 59.8 Å². The molecule has 0 bridgehead atoms. The van der Waals surface area contributed by atoms with E-state index in [9.17, 15) is 15.2 Å². The summed E-state index contributed by atoms with van der Waals surface area (Å²) in [5, 5.41) is 27.8. The van der Waals surface area contributed by atoms with Crippen molar-refractivity contribution in [2.75, 3.05) is 7.11 Å². The summed E-state index contributed by atoms with van der Waals surface area (Å²) in [6.07, 6.45) is 0. The molecule has 0 unspecified atom stereocenters. The van der Waals surface area contributed by atoms with Gasteiger partial charge in [0.05, 0.1) is 13.7 Å². The van der Waals surface area contributed by atoms with E-state index in [-0.39, 0.29) is 6.61 Å². The van der Waals surface area contributed by atoms with E-state index in [4.69, 9.17) is 9.47 Å². The smallest absolute Gasteiger partial charge is 0.488 e. The summed E-state index contributed by atoms with van der Waals surface area (Å²) in [5.74, 6) is 1.38. The number of rotatable bonds is 6. The van der Waals surface area contributed by atoms with Gasteiger partial charge in [0.15, 0.2) is 0 Å². The average molecular weight is 316 g/mol. The van der Waals surface area contributed by atoms with Crippen LogP contribution in [-0.2, 0) is 13.2 Å². The van der Waals surface area contributed by atoms with Gasteiger partial charge in [0.25, 0.3) is 0 Å². The average Bonchev–Trinajstić information content (AvgIpc) is 2.53. The maximum Gasteiger partial charge on any atom is 0.488 e. The molecule has 6 heteroatoms. The van der Waals surface area contributed by atoms with Crippen molar-refractivity contribution in [1.82, 2.24) is 0 Å². The van der Waals surface area contributed by atoms with E-state index < -0.39 is 7.12 Å². The van der Waals surface area contributed by atoms with Crippen molar-refractivity contribution in [3.05, 3.63) is 52.6 Å². The number of ether oxygens (including phenoxy) is 2. The molecular weight excluding hydrogens is 295 g/mol. The molecule has 0 heterocycles. The zero-order chi connectivity index (χ0) is 17.0. The molecule has 0 saturated carbocycles. The molecule has 0 atom stereocenters. The highest BCUT2D eigenvalue weighted by atomic mass is 16.5. The van der Waals surface area contributed by atoms with Crippen molar-refractivity contribution < 1.29 is 24.6 Å². The molecule has 23 heavy (non-hydrogen) atoms. The third-order valence-electron chi connectivity index (χ3n) is 3.61. The zero-order valence-electron chi connectivity index (χ0n) is 13.5. The fourth-order valence-electron chi connectivity index (χ4n) is 2.54. The number of aryl methyl sites for hydroxylation is 2. The molecule has 122 valence electrons. The number of hydrogen-bond donors (Lipinski definition) is 3. The Labute approximate surface area is 136 Å². The van der Waals surface area contributed by atoms with Crippen molar-refractivity contribution in [1.29, 1.82) is 0 Å². The van der Waals surface area contributed by atoms with Crippen LogP contribution in [0.2, 0.25) is 0 Å². The lowest BCUT2D eigenvalue weighted by Gasteiger charge is -2.15. The highest BCUT2D eigenvalue weighted by Crippen LogP contribution is 2.24. The van der Waals surface area contributed by atoms with Crippen LogP contribution in [0, 0.1) is 13.8 Å². The number of aliphatic hydroxyl groups is 1. The minimum atomic E-state index is -1.49. The molecule has 2 rings (SSSR count). The Kier molecular flexibility index (Phi) is 5.66. The lowest BCUT2D eigenvalue weighted by molar-refractivity contribution is 0.278. The van der Waals surface area contributed by atoms with E-state index in [0.717, 1.165) is 22.3 Å². The first-order valence-corrected chi connectivity index (χ1v) is 7.32. The second-order valence-corrected chi connectivity index (χ2v) is 5.49. The maximum atomic E-state index is 9.29. The fourth-order valence-corrected chi connectivity index (χ4v) is 2.54. The van der Waals surface area contributed by atoms with Crippen molar-refractivity contribution in [2.45, 2.75) is 27.1 Å². The summed E-state index contributed by atoms with van der Waals surface area (Å²) in [5.41, 5.74) is 3.75. The first kappa shape index (κ1) is 17.3. The van der Waals surface area contributed by atoms with Crippen LogP contribution in [0.3, 0.4) is 0 Å². The van der Waals surface area contributed by atoms with E-state index >= 15 is 0 Å². The molecule has 0 aliphatic rings. The second kappa shape index (κ2) is 7.50. The summed E-state index contributed by atoms with van der Waals surface area (Å²) >= 11 is 0. The van der Waals surface area contributed by atoms with Gasteiger partial charge in [-0.25, -0.2) is 0 Å². The summed E-state index contributed by atoms with van der Waals surface area (Å²) in [4.78, 5) is 0. The van der Waals surface area contributed by atoms with Crippen LogP contribution in [-0.4, -0.2) is 29.4 Å². The van der Waals surface area contributed by atoms with E-state index in [1.807, 2.05) is 26.0 Å². The van der Waals surface area contributed by atoms with Crippen molar-refractivity contribution >= 4 is 12.6 Å². The molecule has 2 aromatic carbocycles. The van der Waals surface area contributed by atoms with Crippen LogP contribution in [0.4, 0.5) is 0 Å². The van der Waals surface area contributed by atoms with Gasteiger partial charge < -0.3 is 24.6 Å². The van der Waals surface area contributed by atoms with Crippen molar-refractivity contribution in [3.8, 4) is 11.5 Å². The Bertz CT molecular complexity index is 639. The van der Waals surface area contributed by atoms with Gasteiger partial charge >= 0.3 is 7.12 Å². The third kappa shape index (κ3) is 4.25. The van der Waals surface area contributed by atoms with Gasteiger partial charge in [-0.1, -0.05) is 12.1 Å². The standard InChI is InChI=1S/C17H21BO5/c1-11-4-15(18(20)21)5-12(2)17(11)23-10-14-6-13(9-19)7-16(8-14)22-3/h4-8,19-21H,9-10H2,1-3H3. The molecule has 0 aliphatic carbocycles. The SMILES string of the molecule is COc1cc(CO)cc(COc2c(C)cc(B(O)O)cc2C)c1. The number of hydrogen-bond acceptors (Lipinski definition) is 5. The largest absolute Gasteiger partial charge is 0.497 e. The quantitative estimate of drug-likeness (QED) is 0.695. The van der Waals surface area contributed by atoms with Crippen LogP contribution in [0.5, 0.6) is 11.5 Å². The van der Waals surface area contributed by atoms with Gasteiger partial charge in [-0.3, -0.25) is 0 Å².